The third kappa shape index (κ3) is 2.24. The summed E-state index contributed by atoms with van der Waals surface area (Å²) in [7, 11) is 0. The summed E-state index contributed by atoms with van der Waals surface area (Å²) >= 11 is 0. The summed E-state index contributed by atoms with van der Waals surface area (Å²) < 4.78 is 18.4. The maximum Gasteiger partial charge on any atom is 0.213 e. The number of rotatable bonds is 2. The molecule has 0 atom stereocenters. The Hall–Kier alpha value is -1.64. The van der Waals surface area contributed by atoms with Crippen LogP contribution in [0.5, 0.6) is 5.75 Å². The molecule has 0 bridgehead atoms. The zero-order valence-corrected chi connectivity index (χ0v) is 8.70. The fourth-order valence-electron chi connectivity index (χ4n) is 1.42. The molecule has 0 aliphatic rings. The summed E-state index contributed by atoms with van der Waals surface area (Å²) in [6.07, 6.45) is 0.107. The van der Waals surface area contributed by atoms with Gasteiger partial charge in [-0.15, -0.1) is 0 Å². The second-order valence-corrected chi connectivity index (χ2v) is 3.66. The standard InChI is InChI=1S/C12H12FNO/c1-8(2)15-10-5-3-9-4-6-12(13)14-11(9)7-10/h3-8H,1-2H3. The first-order chi connectivity index (χ1) is 7.15. The van der Waals surface area contributed by atoms with Crippen molar-refractivity contribution in [3.8, 4) is 5.75 Å². The highest BCUT2D eigenvalue weighted by Crippen LogP contribution is 2.20. The average Bonchev–Trinajstić information content (AvgIpc) is 2.16. The van der Waals surface area contributed by atoms with E-state index in [-0.39, 0.29) is 6.10 Å². The zero-order valence-electron chi connectivity index (χ0n) is 8.70. The van der Waals surface area contributed by atoms with Crippen molar-refractivity contribution < 1.29 is 9.13 Å². The molecule has 0 amide bonds. The third-order valence-electron chi connectivity index (χ3n) is 2.00. The van der Waals surface area contributed by atoms with Gasteiger partial charge in [0.25, 0.3) is 0 Å². The van der Waals surface area contributed by atoms with E-state index in [1.54, 1.807) is 12.1 Å². The Kier molecular flexibility index (Phi) is 2.54. The number of ether oxygens (including phenoxy) is 1. The van der Waals surface area contributed by atoms with Crippen LogP contribution in [0.3, 0.4) is 0 Å². The van der Waals surface area contributed by atoms with E-state index in [0.717, 1.165) is 11.1 Å². The number of benzene rings is 1. The van der Waals surface area contributed by atoms with Gasteiger partial charge in [0.15, 0.2) is 0 Å². The Morgan fingerprint density at radius 2 is 1.93 bits per heavy atom. The van der Waals surface area contributed by atoms with Crippen LogP contribution in [-0.4, -0.2) is 11.1 Å². The van der Waals surface area contributed by atoms with E-state index >= 15 is 0 Å². The van der Waals surface area contributed by atoms with Crippen molar-refractivity contribution >= 4 is 10.9 Å². The number of pyridine rings is 1. The molecule has 2 rings (SSSR count). The second-order valence-electron chi connectivity index (χ2n) is 3.66. The summed E-state index contributed by atoms with van der Waals surface area (Å²) in [6, 6.07) is 8.54. The van der Waals surface area contributed by atoms with E-state index in [2.05, 4.69) is 4.98 Å². The molecular weight excluding hydrogens is 193 g/mol. The SMILES string of the molecule is CC(C)Oc1ccc2ccc(F)nc2c1. The minimum absolute atomic E-state index is 0.107. The largest absolute Gasteiger partial charge is 0.491 e. The van der Waals surface area contributed by atoms with Crippen LogP contribution in [0.15, 0.2) is 30.3 Å². The zero-order chi connectivity index (χ0) is 10.8. The maximum absolute atomic E-state index is 12.9. The lowest BCUT2D eigenvalue weighted by atomic mass is 10.2. The molecule has 0 aliphatic heterocycles. The molecule has 0 saturated heterocycles. The molecule has 0 spiro atoms. The molecule has 0 aliphatic carbocycles. The third-order valence-corrected chi connectivity index (χ3v) is 2.00. The molecule has 0 saturated carbocycles. The molecule has 1 heterocycles. The van der Waals surface area contributed by atoms with Crippen LogP contribution in [0.1, 0.15) is 13.8 Å². The summed E-state index contributed by atoms with van der Waals surface area (Å²) in [4.78, 5) is 3.80. The van der Waals surface area contributed by atoms with Crippen molar-refractivity contribution in [1.82, 2.24) is 4.98 Å². The van der Waals surface area contributed by atoms with Crippen LogP contribution >= 0.6 is 0 Å². The fraction of sp³-hybridized carbons (Fsp3) is 0.250. The Morgan fingerprint density at radius 1 is 1.20 bits per heavy atom. The van der Waals surface area contributed by atoms with Gasteiger partial charge in [-0.25, -0.2) is 4.98 Å². The van der Waals surface area contributed by atoms with Crippen LogP contribution in [0.4, 0.5) is 4.39 Å². The lowest BCUT2D eigenvalue weighted by Gasteiger charge is -2.09. The van der Waals surface area contributed by atoms with E-state index in [1.165, 1.54) is 6.07 Å². The number of hydrogen-bond donors (Lipinski definition) is 0. The van der Waals surface area contributed by atoms with Crippen molar-refractivity contribution in [2.24, 2.45) is 0 Å². The molecule has 2 nitrogen and oxygen atoms in total. The molecule has 3 heteroatoms. The van der Waals surface area contributed by atoms with Gasteiger partial charge in [-0.1, -0.05) is 0 Å². The lowest BCUT2D eigenvalue weighted by Crippen LogP contribution is -2.05. The van der Waals surface area contributed by atoms with Crippen LogP contribution < -0.4 is 4.74 Å². The smallest absolute Gasteiger partial charge is 0.213 e. The lowest BCUT2D eigenvalue weighted by molar-refractivity contribution is 0.242. The molecule has 0 fully saturated rings. The Labute approximate surface area is 87.7 Å². The maximum atomic E-state index is 12.9. The molecule has 1 aromatic heterocycles. The minimum atomic E-state index is -0.468. The van der Waals surface area contributed by atoms with E-state index in [4.69, 9.17) is 4.74 Å². The topological polar surface area (TPSA) is 22.1 Å². The monoisotopic (exact) mass is 205 g/mol. The van der Waals surface area contributed by atoms with Gasteiger partial charge in [-0.2, -0.15) is 4.39 Å². The van der Waals surface area contributed by atoms with Crippen molar-refractivity contribution in [3.63, 3.8) is 0 Å². The minimum Gasteiger partial charge on any atom is -0.491 e. The number of hydrogen-bond acceptors (Lipinski definition) is 2. The Bertz CT molecular complexity index is 482. The highest BCUT2D eigenvalue weighted by atomic mass is 19.1. The fourth-order valence-corrected chi connectivity index (χ4v) is 1.42. The van der Waals surface area contributed by atoms with Gasteiger partial charge < -0.3 is 4.74 Å². The molecule has 15 heavy (non-hydrogen) atoms. The molecule has 0 unspecified atom stereocenters. The van der Waals surface area contributed by atoms with Crippen molar-refractivity contribution in [3.05, 3.63) is 36.3 Å². The van der Waals surface area contributed by atoms with Gasteiger partial charge in [0.2, 0.25) is 5.95 Å². The van der Waals surface area contributed by atoms with Gasteiger partial charge >= 0.3 is 0 Å². The van der Waals surface area contributed by atoms with Crippen LogP contribution in [-0.2, 0) is 0 Å². The highest BCUT2D eigenvalue weighted by molar-refractivity contribution is 5.79. The van der Waals surface area contributed by atoms with Crippen LogP contribution in [0.2, 0.25) is 0 Å². The number of fused-ring (bicyclic) bond motifs is 1. The Morgan fingerprint density at radius 3 is 2.67 bits per heavy atom. The second kappa shape index (κ2) is 3.85. The van der Waals surface area contributed by atoms with Crippen molar-refractivity contribution in [1.29, 1.82) is 0 Å². The first kappa shape index (κ1) is 9.90. The molecule has 1 aromatic carbocycles. The Balaban J connectivity index is 2.45. The first-order valence-corrected chi connectivity index (χ1v) is 4.88. The van der Waals surface area contributed by atoms with E-state index < -0.39 is 5.95 Å². The normalized spacial score (nSPS) is 10.9. The van der Waals surface area contributed by atoms with Gasteiger partial charge in [0.05, 0.1) is 11.6 Å². The molecular formula is C12H12FNO. The summed E-state index contributed by atoms with van der Waals surface area (Å²) in [6.45, 7) is 3.90. The quantitative estimate of drug-likeness (QED) is 0.702. The summed E-state index contributed by atoms with van der Waals surface area (Å²) in [5, 5.41) is 0.910. The predicted octanol–water partition coefficient (Wildman–Crippen LogP) is 3.16. The van der Waals surface area contributed by atoms with Crippen molar-refractivity contribution in [2.45, 2.75) is 20.0 Å². The van der Waals surface area contributed by atoms with E-state index in [9.17, 15) is 4.39 Å². The van der Waals surface area contributed by atoms with Crippen LogP contribution in [0, 0.1) is 5.95 Å². The molecule has 0 N–H and O–H groups in total. The predicted molar refractivity (Wildman–Crippen MR) is 57.5 cm³/mol. The van der Waals surface area contributed by atoms with Crippen LogP contribution in [0.25, 0.3) is 10.9 Å². The average molecular weight is 205 g/mol. The van der Waals surface area contributed by atoms with E-state index in [1.807, 2.05) is 26.0 Å². The first-order valence-electron chi connectivity index (χ1n) is 4.88. The van der Waals surface area contributed by atoms with Gasteiger partial charge in [-0.3, -0.25) is 0 Å². The number of nitrogens with zero attached hydrogens (tertiary/aromatic N) is 1. The molecule has 0 radical (unpaired) electrons. The molecule has 2 aromatic rings. The highest BCUT2D eigenvalue weighted by Gasteiger charge is 2.01. The van der Waals surface area contributed by atoms with E-state index in [0.29, 0.717) is 5.52 Å². The summed E-state index contributed by atoms with van der Waals surface area (Å²) in [5.74, 6) is 0.250. The van der Waals surface area contributed by atoms with Gasteiger partial charge in [0, 0.05) is 11.5 Å². The van der Waals surface area contributed by atoms with Crippen molar-refractivity contribution in [2.75, 3.05) is 0 Å². The number of halogens is 1. The van der Waals surface area contributed by atoms with Gasteiger partial charge in [-0.05, 0) is 38.1 Å². The summed E-state index contributed by atoms with van der Waals surface area (Å²) in [5.41, 5.74) is 0.619. The van der Waals surface area contributed by atoms with Gasteiger partial charge in [0.1, 0.15) is 5.75 Å². The molecule has 78 valence electrons. The number of aromatic nitrogens is 1.